The van der Waals surface area contributed by atoms with E-state index in [-0.39, 0.29) is 11.6 Å². The van der Waals surface area contributed by atoms with Crippen molar-refractivity contribution < 1.29 is 4.79 Å². The number of fused-ring (bicyclic) bond motifs is 3. The van der Waals surface area contributed by atoms with Crippen molar-refractivity contribution in [2.75, 3.05) is 28.6 Å². The smallest absolute Gasteiger partial charge is 0.274 e. The SMILES string of the molecule is Cc1ccc(NC(=O)c2cc(C(C)(C)C#N)ccn2)cc1C1=Cc2cnc(Nc3cnn(C)c3)nc2N2CCN=C12. The van der Waals surface area contributed by atoms with Crippen molar-refractivity contribution in [1.29, 1.82) is 5.26 Å². The van der Waals surface area contributed by atoms with Crippen LogP contribution < -0.4 is 15.5 Å². The lowest BCUT2D eigenvalue weighted by Crippen LogP contribution is -2.32. The number of amidine groups is 1. The number of hydrogen-bond acceptors (Lipinski definition) is 9. The van der Waals surface area contributed by atoms with Crippen LogP contribution in [0.15, 0.2) is 60.1 Å². The van der Waals surface area contributed by atoms with E-state index < -0.39 is 5.41 Å². The summed E-state index contributed by atoms with van der Waals surface area (Å²) >= 11 is 0. The number of carbonyl (C=O) groups excluding carboxylic acids is 1. The summed E-state index contributed by atoms with van der Waals surface area (Å²) in [6, 6.07) is 11.5. The van der Waals surface area contributed by atoms with Crippen LogP contribution in [-0.2, 0) is 12.5 Å². The minimum atomic E-state index is -0.730. The van der Waals surface area contributed by atoms with Gasteiger partial charge in [-0.25, -0.2) is 4.98 Å². The normalized spacial score (nSPS) is 14.0. The van der Waals surface area contributed by atoms with Gasteiger partial charge >= 0.3 is 0 Å². The summed E-state index contributed by atoms with van der Waals surface area (Å²) in [7, 11) is 1.85. The first-order valence-electron chi connectivity index (χ1n) is 13.2. The zero-order valence-electron chi connectivity index (χ0n) is 23.2. The number of rotatable bonds is 6. The van der Waals surface area contributed by atoms with Gasteiger partial charge in [0.05, 0.1) is 29.9 Å². The van der Waals surface area contributed by atoms with E-state index in [1.54, 1.807) is 35.4 Å². The highest BCUT2D eigenvalue weighted by Gasteiger charge is 2.31. The molecule has 0 atom stereocenters. The van der Waals surface area contributed by atoms with E-state index in [0.29, 0.717) is 24.7 Å². The zero-order chi connectivity index (χ0) is 28.7. The van der Waals surface area contributed by atoms with Gasteiger partial charge in [-0.2, -0.15) is 15.3 Å². The third-order valence-corrected chi connectivity index (χ3v) is 7.17. The molecule has 0 unspecified atom stereocenters. The van der Waals surface area contributed by atoms with Gasteiger partial charge in [0.25, 0.3) is 5.91 Å². The molecule has 1 amide bonds. The van der Waals surface area contributed by atoms with Crippen molar-refractivity contribution in [2.45, 2.75) is 26.2 Å². The minimum Gasteiger partial charge on any atom is -0.321 e. The molecule has 4 aromatic rings. The van der Waals surface area contributed by atoms with E-state index in [4.69, 9.17) is 9.98 Å². The monoisotopic (exact) mass is 544 g/mol. The second-order valence-electron chi connectivity index (χ2n) is 10.6. The largest absolute Gasteiger partial charge is 0.321 e. The Morgan fingerprint density at radius 2 is 1.98 bits per heavy atom. The van der Waals surface area contributed by atoms with Crippen LogP contribution in [0.1, 0.15) is 46.6 Å². The van der Waals surface area contributed by atoms with E-state index in [2.05, 4.69) is 36.7 Å². The number of aryl methyl sites for hydroxylation is 2. The number of nitriles is 1. The Bertz CT molecular complexity index is 1790. The molecule has 2 N–H and O–H groups in total. The molecular weight excluding hydrogens is 516 g/mol. The predicted octanol–water partition coefficient (Wildman–Crippen LogP) is 4.48. The van der Waals surface area contributed by atoms with E-state index >= 15 is 0 Å². The van der Waals surface area contributed by atoms with E-state index in [9.17, 15) is 10.1 Å². The Morgan fingerprint density at radius 3 is 2.76 bits per heavy atom. The zero-order valence-corrected chi connectivity index (χ0v) is 23.2. The van der Waals surface area contributed by atoms with Crippen LogP contribution in [0.3, 0.4) is 0 Å². The van der Waals surface area contributed by atoms with Gasteiger partial charge in [0.1, 0.15) is 17.3 Å². The second-order valence-corrected chi connectivity index (χ2v) is 10.6. The minimum absolute atomic E-state index is 0.248. The van der Waals surface area contributed by atoms with Crippen LogP contribution in [0, 0.1) is 18.3 Å². The van der Waals surface area contributed by atoms with Gasteiger partial charge in [-0.1, -0.05) is 6.07 Å². The lowest BCUT2D eigenvalue weighted by atomic mass is 9.86. The fraction of sp³-hybridized carbons (Fsp3) is 0.233. The molecule has 2 aliphatic rings. The fourth-order valence-corrected chi connectivity index (χ4v) is 4.87. The molecule has 0 saturated heterocycles. The number of pyridine rings is 1. The van der Waals surface area contributed by atoms with Crippen LogP contribution in [0.4, 0.5) is 23.1 Å². The molecule has 11 nitrogen and oxygen atoms in total. The topological polar surface area (TPSA) is 137 Å². The highest BCUT2D eigenvalue weighted by atomic mass is 16.1. The van der Waals surface area contributed by atoms with Gasteiger partial charge in [-0.05, 0) is 67.8 Å². The van der Waals surface area contributed by atoms with Crippen LogP contribution in [0.2, 0.25) is 0 Å². The predicted molar refractivity (Wildman–Crippen MR) is 158 cm³/mol. The molecule has 0 bridgehead atoms. The van der Waals surface area contributed by atoms with Crippen LogP contribution in [0.5, 0.6) is 0 Å². The summed E-state index contributed by atoms with van der Waals surface area (Å²) < 4.78 is 1.71. The summed E-state index contributed by atoms with van der Waals surface area (Å²) in [6.45, 7) is 7.01. The second kappa shape index (κ2) is 9.98. The van der Waals surface area contributed by atoms with E-state index in [0.717, 1.165) is 45.2 Å². The molecule has 0 fully saturated rings. The van der Waals surface area contributed by atoms with Crippen molar-refractivity contribution in [3.63, 3.8) is 0 Å². The molecule has 0 radical (unpaired) electrons. The molecule has 1 aromatic carbocycles. The van der Waals surface area contributed by atoms with Gasteiger partial charge in [-0.15, -0.1) is 0 Å². The van der Waals surface area contributed by atoms with Crippen molar-refractivity contribution in [3.8, 4) is 6.07 Å². The standard InChI is InChI=1S/C30H28N10O/c1-18-5-6-21(36-28(41)25-12-20(7-8-32-25)30(2,3)17-31)13-23(18)24-11-19-14-34-29(37-22-15-35-39(4)16-22)38-26(19)40-10-9-33-27(24)40/h5-8,11-16H,9-10H2,1-4H3,(H,36,41)(H,34,37,38). The highest BCUT2D eigenvalue weighted by molar-refractivity contribution is 6.36. The van der Waals surface area contributed by atoms with Crippen molar-refractivity contribution in [1.82, 2.24) is 24.7 Å². The molecule has 204 valence electrons. The number of carbonyl (C=O) groups is 1. The average molecular weight is 545 g/mol. The number of anilines is 4. The van der Waals surface area contributed by atoms with Gasteiger partial charge in [0, 0.05) is 49.0 Å². The van der Waals surface area contributed by atoms with Crippen molar-refractivity contribution in [3.05, 3.63) is 83.1 Å². The molecule has 11 heteroatoms. The highest BCUT2D eigenvalue weighted by Crippen LogP contribution is 2.37. The molecule has 2 aliphatic heterocycles. The molecule has 6 rings (SSSR count). The molecule has 5 heterocycles. The van der Waals surface area contributed by atoms with Crippen molar-refractivity contribution >= 4 is 46.5 Å². The summed E-state index contributed by atoms with van der Waals surface area (Å²) in [5.74, 6) is 1.76. The number of nitrogens with zero attached hydrogens (tertiary/aromatic N) is 8. The third kappa shape index (κ3) is 4.91. The maximum atomic E-state index is 13.1. The lowest BCUT2D eigenvalue weighted by Gasteiger charge is -2.28. The number of amides is 1. The Kier molecular flexibility index (Phi) is 6.30. The summed E-state index contributed by atoms with van der Waals surface area (Å²) in [4.78, 5) is 33.6. The van der Waals surface area contributed by atoms with Gasteiger partial charge in [0.15, 0.2) is 0 Å². The molecule has 0 spiro atoms. The fourth-order valence-electron chi connectivity index (χ4n) is 4.87. The first kappa shape index (κ1) is 25.9. The van der Waals surface area contributed by atoms with E-state index in [1.807, 2.05) is 58.3 Å². The van der Waals surface area contributed by atoms with Gasteiger partial charge in [0.2, 0.25) is 5.95 Å². The summed E-state index contributed by atoms with van der Waals surface area (Å²) in [5, 5.41) is 19.8. The van der Waals surface area contributed by atoms with E-state index in [1.165, 1.54) is 0 Å². The lowest BCUT2D eigenvalue weighted by molar-refractivity contribution is 0.102. The van der Waals surface area contributed by atoms with Crippen LogP contribution >= 0.6 is 0 Å². The average Bonchev–Trinajstić information content (AvgIpc) is 3.63. The summed E-state index contributed by atoms with van der Waals surface area (Å²) in [6.07, 6.45) is 8.99. The molecule has 3 aromatic heterocycles. The maximum absolute atomic E-state index is 13.1. The Hall–Kier alpha value is -5.37. The first-order chi connectivity index (χ1) is 19.7. The molecule has 41 heavy (non-hydrogen) atoms. The number of hydrogen-bond donors (Lipinski definition) is 2. The Morgan fingerprint density at radius 1 is 1.12 bits per heavy atom. The molecular formula is C30H28N10O. The third-order valence-electron chi connectivity index (χ3n) is 7.17. The molecule has 0 aliphatic carbocycles. The number of benzene rings is 1. The Labute approximate surface area is 237 Å². The number of aliphatic imine (C=N–C) groups is 1. The number of nitrogens with one attached hydrogen (secondary N) is 2. The summed E-state index contributed by atoms with van der Waals surface area (Å²) in [5.41, 5.74) is 5.50. The van der Waals surface area contributed by atoms with Crippen molar-refractivity contribution in [2.24, 2.45) is 12.0 Å². The van der Waals surface area contributed by atoms with Crippen LogP contribution in [-0.4, -0.2) is 49.6 Å². The number of aromatic nitrogens is 5. The quantitative estimate of drug-likeness (QED) is 0.362. The Balaban J connectivity index is 1.30. The maximum Gasteiger partial charge on any atom is 0.274 e. The van der Waals surface area contributed by atoms with Gasteiger partial charge in [-0.3, -0.25) is 19.5 Å². The van der Waals surface area contributed by atoms with Crippen LogP contribution in [0.25, 0.3) is 11.6 Å². The molecule has 0 saturated carbocycles. The first-order valence-corrected chi connectivity index (χ1v) is 13.2. The van der Waals surface area contributed by atoms with Gasteiger partial charge < -0.3 is 15.5 Å².